The van der Waals surface area contributed by atoms with Crippen molar-refractivity contribution in [1.82, 2.24) is 4.90 Å². The molecular formula is C14H22ClN3O. The molecule has 19 heavy (non-hydrogen) atoms. The summed E-state index contributed by atoms with van der Waals surface area (Å²) >= 11 is 5.81. The van der Waals surface area contributed by atoms with Gasteiger partial charge in [0.1, 0.15) is 0 Å². The standard InChI is InChI=1S/C14H22ClN3O/c1-4-10(2)8-18(3)9-14(19)17-13-6-5-11(15)7-12(13)16/h5-7,10H,4,8-9,16H2,1-3H3,(H,17,19). The van der Waals surface area contributed by atoms with Crippen molar-refractivity contribution in [1.29, 1.82) is 0 Å². The van der Waals surface area contributed by atoms with Crippen LogP contribution in [-0.4, -0.2) is 30.9 Å². The number of carbonyl (C=O) groups excluding carboxylic acids is 1. The van der Waals surface area contributed by atoms with Crippen molar-refractivity contribution in [2.24, 2.45) is 5.92 Å². The third kappa shape index (κ3) is 5.49. The van der Waals surface area contributed by atoms with Gasteiger partial charge in [-0.15, -0.1) is 0 Å². The van der Waals surface area contributed by atoms with Crippen molar-refractivity contribution in [3.8, 4) is 0 Å². The van der Waals surface area contributed by atoms with Crippen molar-refractivity contribution < 1.29 is 4.79 Å². The van der Waals surface area contributed by atoms with E-state index in [2.05, 4.69) is 19.2 Å². The monoisotopic (exact) mass is 283 g/mol. The number of carbonyl (C=O) groups is 1. The van der Waals surface area contributed by atoms with E-state index in [1.807, 2.05) is 11.9 Å². The average Bonchev–Trinajstić information content (AvgIpc) is 2.32. The molecule has 1 aromatic rings. The number of rotatable bonds is 6. The molecule has 0 aliphatic rings. The summed E-state index contributed by atoms with van der Waals surface area (Å²) in [5, 5.41) is 3.35. The van der Waals surface area contributed by atoms with Crippen LogP contribution in [0.5, 0.6) is 0 Å². The predicted molar refractivity (Wildman–Crippen MR) is 81.4 cm³/mol. The first-order valence-electron chi connectivity index (χ1n) is 6.45. The van der Waals surface area contributed by atoms with E-state index in [0.29, 0.717) is 28.9 Å². The first-order valence-corrected chi connectivity index (χ1v) is 6.83. The number of anilines is 2. The highest BCUT2D eigenvalue weighted by Gasteiger charge is 2.10. The van der Waals surface area contributed by atoms with E-state index in [1.165, 1.54) is 0 Å². The molecule has 0 saturated heterocycles. The highest BCUT2D eigenvalue weighted by Crippen LogP contribution is 2.22. The number of amides is 1. The lowest BCUT2D eigenvalue weighted by Gasteiger charge is -2.20. The Labute approximate surface area is 119 Å². The first-order chi connectivity index (χ1) is 8.92. The van der Waals surface area contributed by atoms with E-state index in [0.717, 1.165) is 13.0 Å². The smallest absolute Gasteiger partial charge is 0.238 e. The third-order valence-electron chi connectivity index (χ3n) is 3.02. The minimum absolute atomic E-state index is 0.0696. The molecular weight excluding hydrogens is 262 g/mol. The Morgan fingerprint density at radius 3 is 2.79 bits per heavy atom. The molecule has 106 valence electrons. The summed E-state index contributed by atoms with van der Waals surface area (Å²) in [5.74, 6) is 0.512. The topological polar surface area (TPSA) is 58.4 Å². The van der Waals surface area contributed by atoms with Crippen molar-refractivity contribution in [2.45, 2.75) is 20.3 Å². The zero-order valence-electron chi connectivity index (χ0n) is 11.7. The fourth-order valence-electron chi connectivity index (χ4n) is 1.81. The fraction of sp³-hybridized carbons (Fsp3) is 0.500. The number of nitrogens with one attached hydrogen (secondary N) is 1. The summed E-state index contributed by atoms with van der Waals surface area (Å²) in [7, 11) is 1.94. The SMILES string of the molecule is CCC(C)CN(C)CC(=O)Nc1ccc(Cl)cc1N. The zero-order valence-corrected chi connectivity index (χ0v) is 12.5. The molecule has 0 spiro atoms. The first kappa shape index (κ1) is 15.8. The number of hydrogen-bond donors (Lipinski definition) is 2. The third-order valence-corrected chi connectivity index (χ3v) is 3.26. The second kappa shape index (κ2) is 7.36. The largest absolute Gasteiger partial charge is 0.397 e. The van der Waals surface area contributed by atoms with E-state index >= 15 is 0 Å². The number of benzene rings is 1. The average molecular weight is 284 g/mol. The van der Waals surface area contributed by atoms with Crippen LogP contribution in [0, 0.1) is 5.92 Å². The van der Waals surface area contributed by atoms with Crippen LogP contribution in [0.25, 0.3) is 0 Å². The Bertz CT molecular complexity index is 437. The minimum Gasteiger partial charge on any atom is -0.397 e. The summed E-state index contributed by atoms with van der Waals surface area (Å²) in [6.45, 7) is 5.57. The van der Waals surface area contributed by atoms with Crippen molar-refractivity contribution in [3.05, 3.63) is 23.2 Å². The summed E-state index contributed by atoms with van der Waals surface area (Å²) in [6.07, 6.45) is 1.11. The maximum Gasteiger partial charge on any atom is 0.238 e. The molecule has 1 rings (SSSR count). The Hall–Kier alpha value is -1.26. The van der Waals surface area contributed by atoms with Gasteiger partial charge in [-0.05, 0) is 31.2 Å². The second-order valence-corrected chi connectivity index (χ2v) is 5.43. The molecule has 1 unspecified atom stereocenters. The van der Waals surface area contributed by atoms with Gasteiger partial charge in [0.15, 0.2) is 0 Å². The molecule has 1 aromatic carbocycles. The van der Waals surface area contributed by atoms with Crippen LogP contribution in [0.1, 0.15) is 20.3 Å². The van der Waals surface area contributed by atoms with Crippen LogP contribution in [0.4, 0.5) is 11.4 Å². The summed E-state index contributed by atoms with van der Waals surface area (Å²) in [4.78, 5) is 13.9. The van der Waals surface area contributed by atoms with Crippen LogP contribution in [-0.2, 0) is 4.79 Å². The predicted octanol–water partition coefficient (Wildman–Crippen LogP) is 2.84. The van der Waals surface area contributed by atoms with E-state index in [9.17, 15) is 4.79 Å². The molecule has 0 bridgehead atoms. The van der Waals surface area contributed by atoms with E-state index < -0.39 is 0 Å². The number of hydrogen-bond acceptors (Lipinski definition) is 3. The maximum absolute atomic E-state index is 11.9. The number of likely N-dealkylation sites (N-methyl/N-ethyl adjacent to an activating group) is 1. The molecule has 0 fully saturated rings. The second-order valence-electron chi connectivity index (χ2n) is 4.99. The number of nitrogen functional groups attached to an aromatic ring is 1. The van der Waals surface area contributed by atoms with Crippen molar-refractivity contribution in [2.75, 3.05) is 31.2 Å². The number of halogens is 1. The Morgan fingerprint density at radius 1 is 1.53 bits per heavy atom. The van der Waals surface area contributed by atoms with Gasteiger partial charge in [0, 0.05) is 11.6 Å². The molecule has 0 aliphatic carbocycles. The van der Waals surface area contributed by atoms with Gasteiger partial charge in [0.05, 0.1) is 17.9 Å². The minimum atomic E-state index is -0.0696. The quantitative estimate of drug-likeness (QED) is 0.789. The van der Waals surface area contributed by atoms with Gasteiger partial charge in [-0.3, -0.25) is 9.69 Å². The van der Waals surface area contributed by atoms with Crippen LogP contribution in [0.2, 0.25) is 5.02 Å². The maximum atomic E-state index is 11.9. The van der Waals surface area contributed by atoms with Crippen molar-refractivity contribution in [3.63, 3.8) is 0 Å². The highest BCUT2D eigenvalue weighted by molar-refractivity contribution is 6.31. The normalized spacial score (nSPS) is 12.5. The molecule has 1 amide bonds. The van der Waals surface area contributed by atoms with Gasteiger partial charge >= 0.3 is 0 Å². The van der Waals surface area contributed by atoms with Gasteiger partial charge in [-0.1, -0.05) is 31.9 Å². The number of nitrogens with zero attached hydrogens (tertiary/aromatic N) is 1. The lowest BCUT2D eigenvalue weighted by atomic mass is 10.1. The molecule has 4 nitrogen and oxygen atoms in total. The van der Waals surface area contributed by atoms with Crippen LogP contribution < -0.4 is 11.1 Å². The molecule has 5 heteroatoms. The highest BCUT2D eigenvalue weighted by atomic mass is 35.5. The molecule has 0 saturated carbocycles. The Kier molecular flexibility index (Phi) is 6.12. The van der Waals surface area contributed by atoms with Gasteiger partial charge in [0.2, 0.25) is 5.91 Å². The molecule has 3 N–H and O–H groups in total. The van der Waals surface area contributed by atoms with E-state index in [-0.39, 0.29) is 5.91 Å². The Balaban J connectivity index is 2.51. The van der Waals surface area contributed by atoms with Gasteiger partial charge in [0.25, 0.3) is 0 Å². The van der Waals surface area contributed by atoms with Gasteiger partial charge < -0.3 is 11.1 Å². The van der Waals surface area contributed by atoms with Crippen LogP contribution in [0.3, 0.4) is 0 Å². The molecule has 1 atom stereocenters. The van der Waals surface area contributed by atoms with Crippen molar-refractivity contribution >= 4 is 28.9 Å². The molecule has 0 heterocycles. The van der Waals surface area contributed by atoms with Gasteiger partial charge in [-0.2, -0.15) is 0 Å². The number of nitrogens with two attached hydrogens (primary N) is 1. The summed E-state index contributed by atoms with van der Waals surface area (Å²) in [6, 6.07) is 5.04. The Morgan fingerprint density at radius 2 is 2.21 bits per heavy atom. The van der Waals surface area contributed by atoms with Crippen LogP contribution in [0.15, 0.2) is 18.2 Å². The van der Waals surface area contributed by atoms with E-state index in [4.69, 9.17) is 17.3 Å². The molecule has 0 aliphatic heterocycles. The molecule has 0 aromatic heterocycles. The lowest BCUT2D eigenvalue weighted by molar-refractivity contribution is -0.117. The lowest BCUT2D eigenvalue weighted by Crippen LogP contribution is -2.33. The van der Waals surface area contributed by atoms with Gasteiger partial charge in [-0.25, -0.2) is 0 Å². The van der Waals surface area contributed by atoms with Crippen LogP contribution >= 0.6 is 11.6 Å². The summed E-state index contributed by atoms with van der Waals surface area (Å²) < 4.78 is 0. The fourth-order valence-corrected chi connectivity index (χ4v) is 1.99. The van der Waals surface area contributed by atoms with E-state index in [1.54, 1.807) is 18.2 Å². The summed E-state index contributed by atoms with van der Waals surface area (Å²) in [5.41, 5.74) is 6.87. The zero-order chi connectivity index (χ0) is 14.4. The molecule has 0 radical (unpaired) electrons.